The summed E-state index contributed by atoms with van der Waals surface area (Å²) in [5.41, 5.74) is 5.87. The molecule has 1 aromatic heterocycles. The Labute approximate surface area is 154 Å². The number of hydrogen-bond acceptors (Lipinski definition) is 4. The van der Waals surface area contributed by atoms with Crippen LogP contribution in [-0.2, 0) is 17.4 Å². The summed E-state index contributed by atoms with van der Waals surface area (Å²) in [5, 5.41) is 5.03. The smallest absolute Gasteiger partial charge is 0.352 e. The number of amides is 1. The molecule has 2 rings (SSSR count). The summed E-state index contributed by atoms with van der Waals surface area (Å²) in [5.74, 6) is -0.183. The quantitative estimate of drug-likeness (QED) is 0.722. The summed E-state index contributed by atoms with van der Waals surface area (Å²) >= 11 is 1.22. The highest BCUT2D eigenvalue weighted by Crippen LogP contribution is 2.33. The third kappa shape index (κ3) is 5.81. The number of halogens is 3. The van der Waals surface area contributed by atoms with Crippen LogP contribution in [-0.4, -0.2) is 23.5 Å². The molecule has 0 fully saturated rings. The van der Waals surface area contributed by atoms with Crippen molar-refractivity contribution in [3.05, 3.63) is 40.9 Å². The van der Waals surface area contributed by atoms with Crippen molar-refractivity contribution in [2.24, 2.45) is 5.73 Å². The maximum absolute atomic E-state index is 12.8. The lowest BCUT2D eigenvalue weighted by atomic mass is 10.1. The largest absolute Gasteiger partial charge is 0.416 e. The molecule has 0 saturated carbocycles. The Morgan fingerprint density at radius 2 is 2.15 bits per heavy atom. The fourth-order valence-corrected chi connectivity index (χ4v) is 3.31. The van der Waals surface area contributed by atoms with Gasteiger partial charge in [0.2, 0.25) is 5.91 Å². The van der Waals surface area contributed by atoms with Gasteiger partial charge in [0.25, 0.3) is 0 Å². The van der Waals surface area contributed by atoms with Crippen LogP contribution in [0.4, 0.5) is 13.2 Å². The Morgan fingerprint density at radius 3 is 2.81 bits per heavy atom. The average Bonchev–Trinajstić information content (AvgIpc) is 3.06. The summed E-state index contributed by atoms with van der Waals surface area (Å²) in [6, 6.07) is 4.95. The number of nitrogens with one attached hydrogen (secondary N) is 1. The van der Waals surface area contributed by atoms with Gasteiger partial charge in [0.05, 0.1) is 17.7 Å². The van der Waals surface area contributed by atoms with Gasteiger partial charge in [0.1, 0.15) is 5.01 Å². The monoisotopic (exact) mass is 385 g/mol. The Balaban J connectivity index is 2.02. The molecule has 0 bridgehead atoms. The van der Waals surface area contributed by atoms with Gasteiger partial charge in [0.15, 0.2) is 0 Å². The van der Waals surface area contributed by atoms with Gasteiger partial charge in [-0.05, 0) is 18.6 Å². The first-order chi connectivity index (χ1) is 12.3. The van der Waals surface area contributed by atoms with Crippen LogP contribution in [0.25, 0.3) is 10.6 Å². The zero-order valence-corrected chi connectivity index (χ0v) is 15.3. The van der Waals surface area contributed by atoms with Crippen LogP contribution < -0.4 is 11.1 Å². The highest BCUT2D eigenvalue weighted by Gasteiger charge is 2.30. The van der Waals surface area contributed by atoms with Gasteiger partial charge in [-0.1, -0.05) is 31.9 Å². The summed E-state index contributed by atoms with van der Waals surface area (Å²) in [6.45, 7) is 2.44. The number of carbonyl (C=O) groups excluding carboxylic acids is 1. The van der Waals surface area contributed by atoms with Crippen molar-refractivity contribution in [2.75, 3.05) is 6.54 Å². The molecule has 3 N–H and O–H groups in total. The Bertz CT molecular complexity index is 730. The van der Waals surface area contributed by atoms with Crippen LogP contribution in [0.1, 0.15) is 37.4 Å². The van der Waals surface area contributed by atoms with Gasteiger partial charge in [0, 0.05) is 23.5 Å². The number of carbonyl (C=O) groups is 1. The summed E-state index contributed by atoms with van der Waals surface area (Å²) in [7, 11) is 0. The number of thiazole rings is 1. The maximum Gasteiger partial charge on any atom is 0.416 e. The summed E-state index contributed by atoms with van der Waals surface area (Å²) in [6.07, 6.45) is -1.48. The van der Waals surface area contributed by atoms with Crippen molar-refractivity contribution in [1.82, 2.24) is 10.3 Å². The number of hydrogen-bond donors (Lipinski definition) is 2. The Morgan fingerprint density at radius 1 is 1.38 bits per heavy atom. The number of rotatable bonds is 8. The van der Waals surface area contributed by atoms with Gasteiger partial charge >= 0.3 is 6.18 Å². The highest BCUT2D eigenvalue weighted by molar-refractivity contribution is 7.13. The minimum Gasteiger partial charge on any atom is -0.352 e. The second-order valence-electron chi connectivity index (χ2n) is 6.04. The molecule has 26 heavy (non-hydrogen) atoms. The molecule has 8 heteroatoms. The van der Waals surface area contributed by atoms with Gasteiger partial charge in [-0.25, -0.2) is 4.98 Å². The van der Waals surface area contributed by atoms with Gasteiger partial charge in [-0.2, -0.15) is 13.2 Å². The Hall–Kier alpha value is -1.93. The molecule has 4 nitrogen and oxygen atoms in total. The summed E-state index contributed by atoms with van der Waals surface area (Å²) < 4.78 is 38.5. The first kappa shape index (κ1) is 20.4. The molecular formula is C18H22F3N3OS. The second kappa shape index (κ2) is 9.14. The molecule has 1 heterocycles. The third-order valence-electron chi connectivity index (χ3n) is 3.89. The first-order valence-electron chi connectivity index (χ1n) is 8.45. The van der Waals surface area contributed by atoms with E-state index in [1.807, 2.05) is 0 Å². The number of nitrogens with zero attached hydrogens (tertiary/aromatic N) is 1. The molecule has 0 saturated heterocycles. The van der Waals surface area contributed by atoms with E-state index >= 15 is 0 Å². The molecule has 0 aliphatic rings. The zero-order chi connectivity index (χ0) is 19.2. The lowest BCUT2D eigenvalue weighted by Gasteiger charge is -2.15. The van der Waals surface area contributed by atoms with Crippen LogP contribution in [0, 0.1) is 0 Å². The third-order valence-corrected chi connectivity index (χ3v) is 4.83. The topological polar surface area (TPSA) is 68.0 Å². The van der Waals surface area contributed by atoms with E-state index in [2.05, 4.69) is 17.2 Å². The summed E-state index contributed by atoms with van der Waals surface area (Å²) in [4.78, 5) is 16.4. The van der Waals surface area contributed by atoms with Crippen molar-refractivity contribution in [1.29, 1.82) is 0 Å². The fourth-order valence-electron chi connectivity index (χ4n) is 2.49. The minimum atomic E-state index is -4.40. The highest BCUT2D eigenvalue weighted by atomic mass is 32.1. The van der Waals surface area contributed by atoms with Crippen molar-refractivity contribution >= 4 is 17.2 Å². The average molecular weight is 385 g/mol. The van der Waals surface area contributed by atoms with E-state index in [0.717, 1.165) is 31.4 Å². The molecule has 1 aromatic carbocycles. The van der Waals surface area contributed by atoms with Gasteiger partial charge in [-0.15, -0.1) is 11.3 Å². The molecule has 0 spiro atoms. The van der Waals surface area contributed by atoms with Crippen molar-refractivity contribution in [3.8, 4) is 10.6 Å². The van der Waals surface area contributed by atoms with E-state index in [1.54, 1.807) is 11.4 Å². The van der Waals surface area contributed by atoms with Gasteiger partial charge in [-0.3, -0.25) is 4.79 Å². The number of benzene rings is 1. The molecule has 1 amide bonds. The predicted octanol–water partition coefficient (Wildman–Crippen LogP) is 4.01. The molecule has 142 valence electrons. The molecule has 1 unspecified atom stereocenters. The van der Waals surface area contributed by atoms with E-state index in [1.165, 1.54) is 17.4 Å². The van der Waals surface area contributed by atoms with E-state index in [0.29, 0.717) is 22.8 Å². The van der Waals surface area contributed by atoms with Gasteiger partial charge < -0.3 is 11.1 Å². The fraction of sp³-hybridized carbons (Fsp3) is 0.444. The van der Waals surface area contributed by atoms with Crippen molar-refractivity contribution < 1.29 is 18.0 Å². The van der Waals surface area contributed by atoms with Crippen LogP contribution in [0.2, 0.25) is 0 Å². The number of aromatic nitrogens is 1. The number of nitrogens with two attached hydrogens (primary N) is 1. The van der Waals surface area contributed by atoms with E-state index in [9.17, 15) is 18.0 Å². The normalized spacial score (nSPS) is 12.8. The van der Waals surface area contributed by atoms with Crippen LogP contribution in [0.15, 0.2) is 29.6 Å². The molecule has 0 aliphatic carbocycles. The predicted molar refractivity (Wildman–Crippen MR) is 96.8 cm³/mol. The molecule has 0 aliphatic heterocycles. The van der Waals surface area contributed by atoms with Crippen LogP contribution >= 0.6 is 11.3 Å². The molecule has 1 atom stereocenters. The van der Waals surface area contributed by atoms with Crippen LogP contribution in [0.3, 0.4) is 0 Å². The lowest BCUT2D eigenvalue weighted by Crippen LogP contribution is -2.40. The minimum absolute atomic E-state index is 0.0657. The SMILES string of the molecule is CCCCC(CN)NC(=O)Cc1csc(-c2cccc(C(F)(F)F)c2)n1. The lowest BCUT2D eigenvalue weighted by molar-refractivity contribution is -0.137. The standard InChI is InChI=1S/C18H22F3N3OS/c1-2-3-7-14(10-22)23-16(25)9-15-11-26-17(24-15)12-5-4-6-13(8-12)18(19,20)21/h4-6,8,11,14H,2-3,7,9-10,22H2,1H3,(H,23,25). The van der Waals surface area contributed by atoms with Crippen LogP contribution in [0.5, 0.6) is 0 Å². The maximum atomic E-state index is 12.8. The second-order valence-corrected chi connectivity index (χ2v) is 6.90. The van der Waals surface area contributed by atoms with Crippen molar-refractivity contribution in [3.63, 3.8) is 0 Å². The van der Waals surface area contributed by atoms with E-state index < -0.39 is 11.7 Å². The number of unbranched alkanes of at least 4 members (excludes halogenated alkanes) is 1. The van der Waals surface area contributed by atoms with E-state index in [-0.39, 0.29) is 18.4 Å². The molecular weight excluding hydrogens is 363 g/mol. The Kier molecular flexibility index (Phi) is 7.16. The molecule has 0 radical (unpaired) electrons. The van der Waals surface area contributed by atoms with Crippen molar-refractivity contribution in [2.45, 2.75) is 44.8 Å². The molecule has 2 aromatic rings. The zero-order valence-electron chi connectivity index (χ0n) is 14.5. The first-order valence-corrected chi connectivity index (χ1v) is 9.33. The number of alkyl halides is 3. The van der Waals surface area contributed by atoms with E-state index in [4.69, 9.17) is 5.73 Å².